The molecule has 0 atom stereocenters. The van der Waals surface area contributed by atoms with E-state index in [0.717, 1.165) is 13.1 Å². The Bertz CT molecular complexity index is 301. The third-order valence-corrected chi connectivity index (χ3v) is 2.62. The van der Waals surface area contributed by atoms with Crippen molar-refractivity contribution in [3.8, 4) is 12.3 Å². The fourth-order valence-corrected chi connectivity index (χ4v) is 1.67. The van der Waals surface area contributed by atoms with Gasteiger partial charge < -0.3 is 10.0 Å². The Kier molecular flexibility index (Phi) is 4.80. The molecule has 0 aliphatic carbocycles. The monoisotopic (exact) mass is 224 g/mol. The molecule has 5 heteroatoms. The van der Waals surface area contributed by atoms with Crippen LogP contribution in [-0.2, 0) is 9.59 Å². The molecule has 0 saturated carbocycles. The normalized spacial score (nSPS) is 16.8. The van der Waals surface area contributed by atoms with Crippen LogP contribution >= 0.6 is 0 Å². The van der Waals surface area contributed by atoms with Crippen LogP contribution in [0.3, 0.4) is 0 Å². The average Bonchev–Trinajstić information content (AvgIpc) is 2.27. The number of hydrogen-bond donors (Lipinski definition) is 1. The topological polar surface area (TPSA) is 60.9 Å². The van der Waals surface area contributed by atoms with Crippen molar-refractivity contribution < 1.29 is 14.7 Å². The van der Waals surface area contributed by atoms with Gasteiger partial charge in [0.25, 0.3) is 0 Å². The minimum atomic E-state index is -0.786. The largest absolute Gasteiger partial charge is 0.481 e. The Hall–Kier alpha value is -1.54. The number of carbonyl (C=O) groups is 2. The number of carboxylic acid groups (broad SMARTS) is 1. The van der Waals surface area contributed by atoms with Gasteiger partial charge in [0.1, 0.15) is 0 Å². The van der Waals surface area contributed by atoms with Crippen LogP contribution in [0.5, 0.6) is 0 Å². The highest BCUT2D eigenvalue weighted by atomic mass is 16.4. The molecule has 1 N–H and O–H groups in total. The highest BCUT2D eigenvalue weighted by Crippen LogP contribution is 2.04. The van der Waals surface area contributed by atoms with Crippen molar-refractivity contribution in [2.45, 2.75) is 12.8 Å². The maximum Gasteiger partial charge on any atom is 0.304 e. The van der Waals surface area contributed by atoms with E-state index >= 15 is 0 Å². The molecule has 1 heterocycles. The summed E-state index contributed by atoms with van der Waals surface area (Å²) in [6.07, 6.45) is 5.37. The summed E-state index contributed by atoms with van der Waals surface area (Å²) in [5.74, 6) is 1.53. The van der Waals surface area contributed by atoms with Gasteiger partial charge in [-0.3, -0.25) is 14.5 Å². The van der Waals surface area contributed by atoms with Gasteiger partial charge in [-0.1, -0.05) is 5.92 Å². The van der Waals surface area contributed by atoms with Crippen LogP contribution in [0.2, 0.25) is 0 Å². The summed E-state index contributed by atoms with van der Waals surface area (Å²) in [6.45, 7) is 3.28. The summed E-state index contributed by atoms with van der Waals surface area (Å²) in [7, 11) is 0. The van der Waals surface area contributed by atoms with Gasteiger partial charge in [0, 0.05) is 32.7 Å². The molecule has 1 aliphatic rings. The van der Waals surface area contributed by atoms with Crippen molar-refractivity contribution in [3.05, 3.63) is 0 Å². The minimum Gasteiger partial charge on any atom is -0.481 e. The van der Waals surface area contributed by atoms with Crippen LogP contribution in [0, 0.1) is 12.3 Å². The van der Waals surface area contributed by atoms with E-state index in [9.17, 15) is 9.59 Å². The number of rotatable bonds is 4. The Balaban J connectivity index is 2.26. The summed E-state index contributed by atoms with van der Waals surface area (Å²) in [5.41, 5.74) is 0. The zero-order chi connectivity index (χ0) is 12.0. The van der Waals surface area contributed by atoms with Crippen molar-refractivity contribution in [2.24, 2.45) is 0 Å². The van der Waals surface area contributed by atoms with E-state index in [0.29, 0.717) is 19.6 Å². The van der Waals surface area contributed by atoms with Gasteiger partial charge in [-0.2, -0.15) is 0 Å². The van der Waals surface area contributed by atoms with Gasteiger partial charge in [-0.05, 0) is 0 Å². The van der Waals surface area contributed by atoms with Crippen molar-refractivity contribution >= 4 is 11.9 Å². The van der Waals surface area contributed by atoms with Gasteiger partial charge in [-0.25, -0.2) is 0 Å². The van der Waals surface area contributed by atoms with E-state index in [1.165, 1.54) is 0 Å². The molecule has 88 valence electrons. The van der Waals surface area contributed by atoms with E-state index < -0.39 is 5.97 Å². The van der Waals surface area contributed by atoms with E-state index in [2.05, 4.69) is 5.92 Å². The molecular weight excluding hydrogens is 208 g/mol. The van der Waals surface area contributed by atoms with E-state index in [4.69, 9.17) is 11.5 Å². The predicted molar refractivity (Wildman–Crippen MR) is 58.7 cm³/mol. The molecule has 5 nitrogen and oxygen atoms in total. The fourth-order valence-electron chi connectivity index (χ4n) is 1.67. The number of aliphatic carboxylic acids is 1. The SMILES string of the molecule is C#CCC(=O)N1CCN(CCC(=O)O)CC1. The van der Waals surface area contributed by atoms with Crippen LogP contribution < -0.4 is 0 Å². The molecular formula is C11H16N2O3. The molecule has 0 bridgehead atoms. The zero-order valence-electron chi connectivity index (χ0n) is 9.19. The van der Waals surface area contributed by atoms with Gasteiger partial charge >= 0.3 is 5.97 Å². The number of hydrogen-bond acceptors (Lipinski definition) is 3. The molecule has 1 saturated heterocycles. The summed E-state index contributed by atoms with van der Waals surface area (Å²) >= 11 is 0. The number of carbonyl (C=O) groups excluding carboxylic acids is 1. The van der Waals surface area contributed by atoms with Crippen molar-refractivity contribution in [1.29, 1.82) is 0 Å². The first kappa shape index (κ1) is 12.5. The maximum atomic E-state index is 11.4. The van der Waals surface area contributed by atoms with Crippen molar-refractivity contribution in [3.63, 3.8) is 0 Å². The second kappa shape index (κ2) is 6.13. The number of carboxylic acids is 1. The zero-order valence-corrected chi connectivity index (χ0v) is 9.19. The summed E-state index contributed by atoms with van der Waals surface area (Å²) in [4.78, 5) is 25.6. The van der Waals surface area contributed by atoms with Gasteiger partial charge in [-0.15, -0.1) is 6.42 Å². The highest BCUT2D eigenvalue weighted by molar-refractivity contribution is 5.78. The third kappa shape index (κ3) is 3.91. The van der Waals surface area contributed by atoms with Crippen LogP contribution in [0.25, 0.3) is 0 Å². The lowest BCUT2D eigenvalue weighted by molar-refractivity contribution is -0.138. The van der Waals surface area contributed by atoms with Crippen LogP contribution in [0.15, 0.2) is 0 Å². The second-order valence-electron chi connectivity index (χ2n) is 3.75. The summed E-state index contributed by atoms with van der Waals surface area (Å²) < 4.78 is 0. The van der Waals surface area contributed by atoms with E-state index in [1.807, 2.05) is 4.90 Å². The first-order chi connectivity index (χ1) is 7.63. The lowest BCUT2D eigenvalue weighted by Crippen LogP contribution is -2.48. The summed E-state index contributed by atoms with van der Waals surface area (Å²) in [6, 6.07) is 0. The third-order valence-electron chi connectivity index (χ3n) is 2.62. The molecule has 1 fully saturated rings. The Morgan fingerprint density at radius 2 is 1.88 bits per heavy atom. The van der Waals surface area contributed by atoms with Crippen LogP contribution in [-0.4, -0.2) is 59.5 Å². The molecule has 0 aromatic heterocycles. The van der Waals surface area contributed by atoms with E-state index in [1.54, 1.807) is 4.90 Å². The van der Waals surface area contributed by atoms with Gasteiger partial charge in [0.2, 0.25) is 5.91 Å². The van der Waals surface area contributed by atoms with Crippen LogP contribution in [0.4, 0.5) is 0 Å². The molecule has 0 radical (unpaired) electrons. The summed E-state index contributed by atoms with van der Waals surface area (Å²) in [5, 5.41) is 8.54. The Morgan fingerprint density at radius 1 is 1.25 bits per heavy atom. The quantitative estimate of drug-likeness (QED) is 0.662. The second-order valence-corrected chi connectivity index (χ2v) is 3.75. The van der Waals surface area contributed by atoms with Crippen LogP contribution in [0.1, 0.15) is 12.8 Å². The lowest BCUT2D eigenvalue weighted by atomic mass is 10.2. The number of amides is 1. The molecule has 0 unspecified atom stereocenters. The van der Waals surface area contributed by atoms with Gasteiger partial charge in [0.15, 0.2) is 0 Å². The molecule has 1 rings (SSSR count). The van der Waals surface area contributed by atoms with Gasteiger partial charge in [0.05, 0.1) is 12.8 Å². The lowest BCUT2D eigenvalue weighted by Gasteiger charge is -2.34. The molecule has 0 spiro atoms. The first-order valence-corrected chi connectivity index (χ1v) is 5.29. The van der Waals surface area contributed by atoms with Crippen molar-refractivity contribution in [2.75, 3.05) is 32.7 Å². The molecule has 0 aromatic rings. The van der Waals surface area contributed by atoms with E-state index in [-0.39, 0.29) is 18.7 Å². The molecule has 0 aromatic carbocycles. The first-order valence-electron chi connectivity index (χ1n) is 5.29. The fraction of sp³-hybridized carbons (Fsp3) is 0.636. The molecule has 1 amide bonds. The number of nitrogens with zero attached hydrogens (tertiary/aromatic N) is 2. The average molecular weight is 224 g/mol. The molecule has 1 aliphatic heterocycles. The molecule has 16 heavy (non-hydrogen) atoms. The maximum absolute atomic E-state index is 11.4. The number of piperazine rings is 1. The number of terminal acetylenes is 1. The highest BCUT2D eigenvalue weighted by Gasteiger charge is 2.20. The Labute approximate surface area is 95.0 Å². The minimum absolute atomic E-state index is 0.0135. The smallest absolute Gasteiger partial charge is 0.304 e. The van der Waals surface area contributed by atoms with Crippen molar-refractivity contribution in [1.82, 2.24) is 9.80 Å². The predicted octanol–water partition coefficient (Wildman–Crippen LogP) is -0.371. The Morgan fingerprint density at radius 3 is 2.38 bits per heavy atom. The standard InChI is InChI=1S/C11H16N2O3/c1-2-3-10(14)13-8-6-12(7-9-13)5-4-11(15)16/h1H,3-9H2,(H,15,16).